The minimum absolute atomic E-state index is 0.179. The number of rotatable bonds is 6. The number of amides is 3. The Morgan fingerprint density at radius 3 is 2.55 bits per heavy atom. The summed E-state index contributed by atoms with van der Waals surface area (Å²) in [5, 5.41) is 6.14. The Balaban J connectivity index is 1.45. The SMILES string of the molecule is O=C(Nc1ccccc1)c1ccc(Cl)c(NC(=O)N(C[C@@H]2CCOC2)C2CC2)c1. The van der Waals surface area contributed by atoms with Crippen LogP contribution in [0.1, 0.15) is 29.6 Å². The van der Waals surface area contributed by atoms with E-state index in [1.807, 2.05) is 35.2 Å². The molecule has 1 saturated heterocycles. The minimum atomic E-state index is -0.259. The van der Waals surface area contributed by atoms with Gasteiger partial charge in [0.25, 0.3) is 5.91 Å². The van der Waals surface area contributed by atoms with Crippen molar-refractivity contribution in [1.82, 2.24) is 4.90 Å². The molecule has 0 spiro atoms. The summed E-state index contributed by atoms with van der Waals surface area (Å²) in [6.07, 6.45) is 3.02. The van der Waals surface area contributed by atoms with Crippen LogP contribution in [0.2, 0.25) is 5.02 Å². The van der Waals surface area contributed by atoms with Gasteiger partial charge in [-0.1, -0.05) is 29.8 Å². The first-order valence-electron chi connectivity index (χ1n) is 9.91. The van der Waals surface area contributed by atoms with Crippen LogP contribution >= 0.6 is 11.6 Å². The van der Waals surface area contributed by atoms with Gasteiger partial charge in [0.2, 0.25) is 0 Å². The van der Waals surface area contributed by atoms with Crippen molar-refractivity contribution in [1.29, 1.82) is 0 Å². The van der Waals surface area contributed by atoms with E-state index >= 15 is 0 Å². The zero-order valence-corrected chi connectivity index (χ0v) is 16.8. The molecule has 0 bridgehead atoms. The molecular weight excluding hydrogens is 390 g/mol. The van der Waals surface area contributed by atoms with Crippen LogP contribution in [0.15, 0.2) is 48.5 Å². The number of hydrogen-bond donors (Lipinski definition) is 2. The molecule has 0 unspecified atom stereocenters. The average molecular weight is 414 g/mol. The van der Waals surface area contributed by atoms with Crippen molar-refractivity contribution >= 4 is 34.9 Å². The maximum atomic E-state index is 12.9. The first-order chi connectivity index (χ1) is 14.1. The van der Waals surface area contributed by atoms with E-state index in [4.69, 9.17) is 16.3 Å². The lowest BCUT2D eigenvalue weighted by molar-refractivity contribution is 0.102. The summed E-state index contributed by atoms with van der Waals surface area (Å²) in [6.45, 7) is 2.14. The third kappa shape index (κ3) is 5.08. The number of carbonyl (C=O) groups is 2. The Kier molecular flexibility index (Phi) is 6.02. The lowest BCUT2D eigenvalue weighted by Crippen LogP contribution is -2.40. The first kappa shape index (κ1) is 19.7. The average Bonchev–Trinajstić information content (AvgIpc) is 3.43. The topological polar surface area (TPSA) is 70.7 Å². The van der Waals surface area contributed by atoms with Gasteiger partial charge >= 0.3 is 6.03 Å². The van der Waals surface area contributed by atoms with Crippen LogP contribution in [-0.4, -0.2) is 42.6 Å². The van der Waals surface area contributed by atoms with E-state index in [0.29, 0.717) is 41.0 Å². The highest BCUT2D eigenvalue weighted by Crippen LogP contribution is 2.31. The van der Waals surface area contributed by atoms with Gasteiger partial charge in [-0.15, -0.1) is 0 Å². The van der Waals surface area contributed by atoms with E-state index in [0.717, 1.165) is 25.9 Å². The highest BCUT2D eigenvalue weighted by atomic mass is 35.5. The molecule has 2 aromatic rings. The van der Waals surface area contributed by atoms with Crippen molar-refractivity contribution in [3.63, 3.8) is 0 Å². The molecule has 0 aromatic heterocycles. The molecule has 1 atom stereocenters. The number of benzene rings is 2. The maximum absolute atomic E-state index is 12.9. The predicted octanol–water partition coefficient (Wildman–Crippen LogP) is 4.63. The second-order valence-corrected chi connectivity index (χ2v) is 7.97. The maximum Gasteiger partial charge on any atom is 0.322 e. The van der Waals surface area contributed by atoms with Gasteiger partial charge in [0.1, 0.15) is 0 Å². The van der Waals surface area contributed by atoms with Gasteiger partial charge in [0.05, 0.1) is 17.3 Å². The van der Waals surface area contributed by atoms with Crippen molar-refractivity contribution in [2.75, 3.05) is 30.4 Å². The summed E-state index contributed by atoms with van der Waals surface area (Å²) in [6, 6.07) is 14.2. The number of nitrogens with zero attached hydrogens (tertiary/aromatic N) is 1. The number of nitrogens with one attached hydrogen (secondary N) is 2. The Labute approximate surface area is 175 Å². The molecule has 4 rings (SSSR count). The van der Waals surface area contributed by atoms with Crippen LogP contribution in [0, 0.1) is 5.92 Å². The normalized spacial score (nSPS) is 18.3. The fourth-order valence-electron chi connectivity index (χ4n) is 3.46. The molecule has 6 nitrogen and oxygen atoms in total. The zero-order chi connectivity index (χ0) is 20.2. The van der Waals surface area contributed by atoms with E-state index in [1.54, 1.807) is 18.2 Å². The molecule has 2 aromatic carbocycles. The van der Waals surface area contributed by atoms with Crippen molar-refractivity contribution in [3.05, 3.63) is 59.1 Å². The second-order valence-electron chi connectivity index (χ2n) is 7.56. The van der Waals surface area contributed by atoms with Crippen LogP contribution in [-0.2, 0) is 4.74 Å². The van der Waals surface area contributed by atoms with Crippen molar-refractivity contribution < 1.29 is 14.3 Å². The first-order valence-corrected chi connectivity index (χ1v) is 10.3. The molecule has 1 aliphatic carbocycles. The summed E-state index contributed by atoms with van der Waals surface area (Å²) in [5.74, 6) is 0.116. The summed E-state index contributed by atoms with van der Waals surface area (Å²) in [4.78, 5) is 27.4. The van der Waals surface area contributed by atoms with Crippen LogP contribution in [0.3, 0.4) is 0 Å². The third-order valence-corrected chi connectivity index (χ3v) is 5.56. The quantitative estimate of drug-likeness (QED) is 0.725. The van der Waals surface area contributed by atoms with E-state index in [1.165, 1.54) is 0 Å². The number of carbonyl (C=O) groups excluding carboxylic acids is 2. The number of para-hydroxylation sites is 1. The van der Waals surface area contributed by atoms with Gasteiger partial charge < -0.3 is 20.3 Å². The predicted molar refractivity (Wildman–Crippen MR) is 114 cm³/mol. The monoisotopic (exact) mass is 413 g/mol. The molecule has 1 aliphatic heterocycles. The Hall–Kier alpha value is -2.57. The van der Waals surface area contributed by atoms with Crippen LogP contribution in [0.4, 0.5) is 16.2 Å². The Morgan fingerprint density at radius 2 is 1.86 bits per heavy atom. The summed E-state index contributed by atoms with van der Waals surface area (Å²) in [7, 11) is 0. The smallest absolute Gasteiger partial charge is 0.322 e. The van der Waals surface area contributed by atoms with E-state index in [-0.39, 0.29) is 18.0 Å². The van der Waals surface area contributed by atoms with E-state index in [2.05, 4.69) is 10.6 Å². The molecule has 29 heavy (non-hydrogen) atoms. The fraction of sp³-hybridized carbons (Fsp3) is 0.364. The number of urea groups is 1. The standard InChI is InChI=1S/C22H24ClN3O3/c23-19-9-6-16(21(27)24-17-4-2-1-3-5-17)12-20(19)25-22(28)26(18-7-8-18)13-15-10-11-29-14-15/h1-6,9,12,15,18H,7-8,10-11,13-14H2,(H,24,27)(H,25,28)/t15-/m0/s1. The van der Waals surface area contributed by atoms with Gasteiger partial charge in [-0.25, -0.2) is 4.79 Å². The molecule has 0 radical (unpaired) electrons. The molecule has 1 heterocycles. The largest absolute Gasteiger partial charge is 0.381 e. The zero-order valence-electron chi connectivity index (χ0n) is 16.1. The molecule has 152 valence electrons. The third-order valence-electron chi connectivity index (χ3n) is 5.23. The summed E-state index contributed by atoms with van der Waals surface area (Å²) >= 11 is 6.29. The number of anilines is 2. The molecule has 2 aliphatic rings. The van der Waals surface area contributed by atoms with Crippen molar-refractivity contribution in [3.8, 4) is 0 Å². The van der Waals surface area contributed by atoms with Crippen LogP contribution < -0.4 is 10.6 Å². The van der Waals surface area contributed by atoms with Gasteiger partial charge in [-0.05, 0) is 49.6 Å². The second kappa shape index (κ2) is 8.84. The van der Waals surface area contributed by atoms with E-state index in [9.17, 15) is 9.59 Å². The highest BCUT2D eigenvalue weighted by Gasteiger charge is 2.35. The van der Waals surface area contributed by atoms with Gasteiger partial charge in [-0.3, -0.25) is 4.79 Å². The fourth-order valence-corrected chi connectivity index (χ4v) is 3.63. The number of hydrogen-bond acceptors (Lipinski definition) is 3. The molecule has 2 N–H and O–H groups in total. The molecule has 1 saturated carbocycles. The van der Waals surface area contributed by atoms with Crippen molar-refractivity contribution in [2.24, 2.45) is 5.92 Å². The summed E-state index contributed by atoms with van der Waals surface area (Å²) in [5.41, 5.74) is 1.57. The number of halogens is 1. The van der Waals surface area contributed by atoms with Crippen molar-refractivity contribution in [2.45, 2.75) is 25.3 Å². The Bertz CT molecular complexity index is 880. The molecular formula is C22H24ClN3O3. The number of ether oxygens (including phenoxy) is 1. The molecule has 2 fully saturated rings. The molecule has 7 heteroatoms. The minimum Gasteiger partial charge on any atom is -0.381 e. The highest BCUT2D eigenvalue weighted by molar-refractivity contribution is 6.34. The lowest BCUT2D eigenvalue weighted by atomic mass is 10.1. The Morgan fingerprint density at radius 1 is 1.07 bits per heavy atom. The van der Waals surface area contributed by atoms with Gasteiger partial charge in [0.15, 0.2) is 0 Å². The van der Waals surface area contributed by atoms with E-state index < -0.39 is 0 Å². The molecule has 3 amide bonds. The summed E-state index contributed by atoms with van der Waals surface area (Å²) < 4.78 is 5.44. The van der Waals surface area contributed by atoms with Crippen LogP contribution in [0.5, 0.6) is 0 Å². The van der Waals surface area contributed by atoms with Crippen LogP contribution in [0.25, 0.3) is 0 Å². The van der Waals surface area contributed by atoms with Gasteiger partial charge in [0, 0.05) is 36.4 Å². The van der Waals surface area contributed by atoms with Gasteiger partial charge in [-0.2, -0.15) is 0 Å². The lowest BCUT2D eigenvalue weighted by Gasteiger charge is -2.25.